The predicted octanol–water partition coefficient (Wildman–Crippen LogP) is 1.60. The lowest BCUT2D eigenvalue weighted by atomic mass is 10.2. The Bertz CT molecular complexity index is 1280. The molecule has 4 rings (SSSR count). The van der Waals surface area contributed by atoms with Crippen molar-refractivity contribution >= 4 is 16.9 Å². The zero-order chi connectivity index (χ0) is 18.0. The molecule has 0 aliphatic rings. The Balaban J connectivity index is 2.27. The zero-order valence-corrected chi connectivity index (χ0v) is 14.9. The molecule has 25 heavy (non-hydrogen) atoms. The van der Waals surface area contributed by atoms with Crippen molar-refractivity contribution in [2.24, 2.45) is 14.1 Å². The molecule has 0 amide bonds. The fourth-order valence-electron chi connectivity index (χ4n) is 3.40. The minimum atomic E-state index is -0.380. The van der Waals surface area contributed by atoms with Crippen LogP contribution < -0.4 is 11.2 Å². The summed E-state index contributed by atoms with van der Waals surface area (Å²) in [4.78, 5) is 29.6. The molecule has 0 saturated carbocycles. The summed E-state index contributed by atoms with van der Waals surface area (Å²) in [5, 5.41) is 0. The maximum Gasteiger partial charge on any atom is 0.332 e. The highest BCUT2D eigenvalue weighted by Crippen LogP contribution is 2.24. The van der Waals surface area contributed by atoms with Crippen molar-refractivity contribution in [1.29, 1.82) is 0 Å². The van der Waals surface area contributed by atoms with Crippen molar-refractivity contribution in [2.45, 2.75) is 20.8 Å². The van der Waals surface area contributed by atoms with E-state index >= 15 is 0 Å². The van der Waals surface area contributed by atoms with Crippen LogP contribution in [0, 0.1) is 20.8 Å². The molecule has 3 heterocycles. The van der Waals surface area contributed by atoms with Gasteiger partial charge in [0.25, 0.3) is 5.56 Å². The average Bonchev–Trinajstić information content (AvgIpc) is 3.07. The van der Waals surface area contributed by atoms with E-state index in [4.69, 9.17) is 0 Å². The molecule has 128 valence electrons. The largest absolute Gasteiger partial charge is 0.332 e. The minimum absolute atomic E-state index is 0.338. The van der Waals surface area contributed by atoms with Gasteiger partial charge in [-0.15, -0.1) is 0 Å². The third-order valence-electron chi connectivity index (χ3n) is 4.89. The number of benzene rings is 1. The maximum absolute atomic E-state index is 12.7. The highest BCUT2D eigenvalue weighted by Gasteiger charge is 2.22. The molecule has 0 aliphatic heterocycles. The second kappa shape index (κ2) is 4.95. The molecule has 0 bridgehead atoms. The molecule has 7 heteroatoms. The topological polar surface area (TPSA) is 66.2 Å². The predicted molar refractivity (Wildman–Crippen MR) is 96.7 cm³/mol. The first-order valence-electron chi connectivity index (χ1n) is 8.06. The van der Waals surface area contributed by atoms with Gasteiger partial charge in [-0.1, -0.05) is 12.1 Å². The Morgan fingerprint density at radius 2 is 1.68 bits per heavy atom. The van der Waals surface area contributed by atoms with E-state index in [9.17, 15) is 9.59 Å². The molecule has 0 aliphatic carbocycles. The van der Waals surface area contributed by atoms with Crippen LogP contribution in [0.3, 0.4) is 0 Å². The second-order valence-corrected chi connectivity index (χ2v) is 6.47. The van der Waals surface area contributed by atoms with Gasteiger partial charge in [0.15, 0.2) is 11.2 Å². The Labute approximate surface area is 143 Å². The van der Waals surface area contributed by atoms with Gasteiger partial charge in [-0.25, -0.2) is 4.79 Å². The van der Waals surface area contributed by atoms with Crippen LogP contribution in [0.25, 0.3) is 22.6 Å². The lowest BCUT2D eigenvalue weighted by Gasteiger charge is -2.07. The molecule has 4 aromatic rings. The van der Waals surface area contributed by atoms with Crippen LogP contribution in [0.1, 0.15) is 17.0 Å². The number of hydrogen-bond acceptors (Lipinski definition) is 3. The first-order valence-corrected chi connectivity index (χ1v) is 8.06. The van der Waals surface area contributed by atoms with Gasteiger partial charge in [0.05, 0.1) is 0 Å². The van der Waals surface area contributed by atoms with Crippen LogP contribution in [0.4, 0.5) is 0 Å². The Kier molecular flexibility index (Phi) is 3.06. The van der Waals surface area contributed by atoms with E-state index in [1.54, 1.807) is 7.05 Å². The quantitative estimate of drug-likeness (QED) is 0.530. The molecular weight excluding hydrogens is 318 g/mol. The van der Waals surface area contributed by atoms with Gasteiger partial charge in [0.2, 0.25) is 5.78 Å². The van der Waals surface area contributed by atoms with Gasteiger partial charge >= 0.3 is 5.69 Å². The number of hydrogen-bond donors (Lipinski definition) is 0. The third-order valence-corrected chi connectivity index (χ3v) is 4.89. The van der Waals surface area contributed by atoms with Crippen molar-refractivity contribution in [2.75, 3.05) is 0 Å². The summed E-state index contributed by atoms with van der Waals surface area (Å²) >= 11 is 0. The number of fused-ring (bicyclic) bond motifs is 3. The Hall–Kier alpha value is -3.09. The minimum Gasteiger partial charge on any atom is -0.283 e. The van der Waals surface area contributed by atoms with Gasteiger partial charge in [0.1, 0.15) is 0 Å². The van der Waals surface area contributed by atoms with Crippen LogP contribution in [-0.4, -0.2) is 23.1 Å². The molecule has 0 spiro atoms. The number of nitrogens with zero attached hydrogens (tertiary/aromatic N) is 5. The maximum atomic E-state index is 12.7. The molecule has 0 saturated heterocycles. The molecule has 0 unspecified atom stereocenters. The van der Waals surface area contributed by atoms with Gasteiger partial charge in [-0.3, -0.25) is 22.9 Å². The molecule has 7 nitrogen and oxygen atoms in total. The highest BCUT2D eigenvalue weighted by molar-refractivity contribution is 5.77. The van der Waals surface area contributed by atoms with Gasteiger partial charge in [-0.05, 0) is 38.5 Å². The van der Waals surface area contributed by atoms with E-state index in [1.165, 1.54) is 11.6 Å². The van der Waals surface area contributed by atoms with Crippen molar-refractivity contribution in [3.8, 4) is 5.69 Å². The van der Waals surface area contributed by atoms with E-state index in [2.05, 4.69) is 11.1 Å². The summed E-state index contributed by atoms with van der Waals surface area (Å²) in [7, 11) is 3.12. The van der Waals surface area contributed by atoms with E-state index < -0.39 is 0 Å². The van der Waals surface area contributed by atoms with Crippen molar-refractivity contribution in [3.05, 3.63) is 62.1 Å². The molecule has 3 aromatic heterocycles. The van der Waals surface area contributed by atoms with Crippen LogP contribution in [0.5, 0.6) is 0 Å². The summed E-state index contributed by atoms with van der Waals surface area (Å²) in [5.74, 6) is 0.633. The van der Waals surface area contributed by atoms with E-state index in [1.807, 2.05) is 47.9 Å². The third kappa shape index (κ3) is 1.89. The van der Waals surface area contributed by atoms with Crippen molar-refractivity contribution in [3.63, 3.8) is 0 Å². The standard InChI is InChI=1S/C18H19N5O2/c1-10-7-6-8-13(9-10)22-11(2)12(3)23-14-15(19-17(22)23)20(4)18(25)21(5)16(14)24/h6-9H,1-5H3. The first kappa shape index (κ1) is 15.4. The fourth-order valence-corrected chi connectivity index (χ4v) is 3.40. The number of aryl methyl sites for hydroxylation is 3. The van der Waals surface area contributed by atoms with Crippen LogP contribution in [0.2, 0.25) is 0 Å². The highest BCUT2D eigenvalue weighted by atomic mass is 16.2. The molecule has 0 radical (unpaired) electrons. The molecule has 0 atom stereocenters. The molecular formula is C18H19N5O2. The lowest BCUT2D eigenvalue weighted by molar-refractivity contribution is 0.707. The Morgan fingerprint density at radius 1 is 0.960 bits per heavy atom. The van der Waals surface area contributed by atoms with E-state index in [0.29, 0.717) is 16.9 Å². The summed E-state index contributed by atoms with van der Waals surface area (Å²) in [6.07, 6.45) is 0. The number of aromatic nitrogens is 5. The number of rotatable bonds is 1. The van der Waals surface area contributed by atoms with Crippen LogP contribution >= 0.6 is 0 Å². The molecule has 1 aromatic carbocycles. The van der Waals surface area contributed by atoms with E-state index in [0.717, 1.165) is 27.2 Å². The van der Waals surface area contributed by atoms with Crippen molar-refractivity contribution < 1.29 is 0 Å². The van der Waals surface area contributed by atoms with E-state index in [-0.39, 0.29) is 11.2 Å². The van der Waals surface area contributed by atoms with Crippen molar-refractivity contribution in [1.82, 2.24) is 23.1 Å². The zero-order valence-electron chi connectivity index (χ0n) is 14.9. The summed E-state index contributed by atoms with van der Waals surface area (Å²) in [5.41, 5.74) is 4.15. The Morgan fingerprint density at radius 3 is 2.36 bits per heavy atom. The summed E-state index contributed by atoms with van der Waals surface area (Å²) in [6, 6.07) is 8.11. The molecule has 0 N–H and O–H groups in total. The summed E-state index contributed by atoms with van der Waals surface area (Å²) in [6.45, 7) is 6.00. The second-order valence-electron chi connectivity index (χ2n) is 6.47. The van der Waals surface area contributed by atoms with Crippen LogP contribution in [-0.2, 0) is 14.1 Å². The van der Waals surface area contributed by atoms with Gasteiger partial charge < -0.3 is 0 Å². The average molecular weight is 337 g/mol. The summed E-state index contributed by atoms with van der Waals surface area (Å²) < 4.78 is 6.40. The van der Waals surface area contributed by atoms with Crippen LogP contribution in [0.15, 0.2) is 33.9 Å². The van der Waals surface area contributed by atoms with Gasteiger partial charge in [-0.2, -0.15) is 4.98 Å². The fraction of sp³-hybridized carbons (Fsp3) is 0.278. The normalized spacial score (nSPS) is 11.7. The monoisotopic (exact) mass is 337 g/mol. The first-order chi connectivity index (χ1) is 11.8. The SMILES string of the molecule is Cc1cccc(-n2c(C)c(C)n3c4c(=O)n(C)c(=O)n(C)c4nc23)c1. The number of imidazole rings is 2. The molecule has 0 fully saturated rings. The lowest BCUT2D eigenvalue weighted by Crippen LogP contribution is -2.37. The van der Waals surface area contributed by atoms with Gasteiger partial charge in [0, 0.05) is 31.2 Å². The smallest absolute Gasteiger partial charge is 0.283 e.